The Kier molecular flexibility index (Phi) is 5.65. The predicted octanol–water partition coefficient (Wildman–Crippen LogP) is 4.08. The van der Waals surface area contributed by atoms with Gasteiger partial charge in [-0.1, -0.05) is 41.4 Å². The summed E-state index contributed by atoms with van der Waals surface area (Å²) in [6.45, 7) is 6.18. The van der Waals surface area contributed by atoms with E-state index in [4.69, 9.17) is 11.6 Å². The number of halogens is 1. The van der Waals surface area contributed by atoms with Crippen molar-refractivity contribution >= 4 is 28.5 Å². The molecular weight excluding hydrogens is 412 g/mol. The molecule has 0 bridgehead atoms. The zero-order valence-corrected chi connectivity index (χ0v) is 18.4. The van der Waals surface area contributed by atoms with Crippen LogP contribution in [0.15, 0.2) is 59.7 Å². The van der Waals surface area contributed by atoms with Crippen LogP contribution in [0, 0.1) is 20.8 Å². The van der Waals surface area contributed by atoms with Crippen LogP contribution in [0.3, 0.4) is 0 Å². The Balaban J connectivity index is 1.62. The highest BCUT2D eigenvalue weighted by Gasteiger charge is 2.18. The van der Waals surface area contributed by atoms with Crippen LogP contribution in [0.25, 0.3) is 16.7 Å². The maximum Gasteiger partial charge on any atom is 0.263 e. The summed E-state index contributed by atoms with van der Waals surface area (Å²) in [4.78, 5) is 30.1. The van der Waals surface area contributed by atoms with Gasteiger partial charge in [-0.2, -0.15) is 0 Å². The first-order valence-corrected chi connectivity index (χ1v) is 10.4. The van der Waals surface area contributed by atoms with Crippen LogP contribution in [0.5, 0.6) is 0 Å². The van der Waals surface area contributed by atoms with Crippen molar-refractivity contribution in [2.24, 2.45) is 0 Å². The largest absolute Gasteiger partial charge is 0.350 e. The van der Waals surface area contributed by atoms with Gasteiger partial charge in [-0.3, -0.25) is 18.7 Å². The molecule has 0 aliphatic carbocycles. The number of carbonyl (C=O) groups excluding carboxylic acids is 1. The molecule has 7 heteroatoms. The third-order valence-corrected chi connectivity index (χ3v) is 5.71. The van der Waals surface area contributed by atoms with Gasteiger partial charge in [0.1, 0.15) is 12.9 Å². The van der Waals surface area contributed by atoms with Gasteiger partial charge in [0.2, 0.25) is 5.91 Å². The standard InChI is InChI=1S/C24H23ClN4O2/c1-15-5-4-6-18(11-15)12-26-21(30)13-28-14-27-23-22(24(28)31)16(2)17(3)29(23)20-9-7-19(25)8-10-20/h4-11,14H,12-13H2,1-3H3,(H,26,30). The van der Waals surface area contributed by atoms with Crippen molar-refractivity contribution in [3.8, 4) is 5.69 Å². The van der Waals surface area contributed by atoms with Gasteiger partial charge in [-0.25, -0.2) is 4.98 Å². The lowest BCUT2D eigenvalue weighted by molar-refractivity contribution is -0.121. The van der Waals surface area contributed by atoms with Gasteiger partial charge in [-0.05, 0) is 56.2 Å². The molecule has 158 valence electrons. The highest BCUT2D eigenvalue weighted by atomic mass is 35.5. The minimum absolute atomic E-state index is 0.0851. The molecule has 0 aliphatic rings. The van der Waals surface area contributed by atoms with Gasteiger partial charge in [0, 0.05) is 22.9 Å². The van der Waals surface area contributed by atoms with Crippen molar-refractivity contribution in [1.82, 2.24) is 19.4 Å². The second-order valence-corrected chi connectivity index (χ2v) is 8.10. The Labute approximate surface area is 185 Å². The van der Waals surface area contributed by atoms with Crippen molar-refractivity contribution in [3.05, 3.63) is 92.6 Å². The van der Waals surface area contributed by atoms with E-state index in [9.17, 15) is 9.59 Å². The molecule has 6 nitrogen and oxygen atoms in total. The van der Waals surface area contributed by atoms with Gasteiger partial charge >= 0.3 is 0 Å². The predicted molar refractivity (Wildman–Crippen MR) is 123 cm³/mol. The number of aryl methyl sites for hydroxylation is 2. The van der Waals surface area contributed by atoms with Crippen LogP contribution in [0.2, 0.25) is 5.02 Å². The minimum Gasteiger partial charge on any atom is -0.350 e. The van der Waals surface area contributed by atoms with E-state index in [1.165, 1.54) is 10.9 Å². The van der Waals surface area contributed by atoms with E-state index in [0.29, 0.717) is 22.6 Å². The van der Waals surface area contributed by atoms with Crippen molar-refractivity contribution in [3.63, 3.8) is 0 Å². The van der Waals surface area contributed by atoms with Gasteiger partial charge in [-0.15, -0.1) is 0 Å². The molecule has 0 spiro atoms. The fraction of sp³-hybridized carbons (Fsp3) is 0.208. The quantitative estimate of drug-likeness (QED) is 0.514. The first-order valence-electron chi connectivity index (χ1n) is 10.0. The minimum atomic E-state index is -0.240. The van der Waals surface area contributed by atoms with Crippen LogP contribution >= 0.6 is 11.6 Å². The number of benzene rings is 2. The first-order chi connectivity index (χ1) is 14.8. The summed E-state index contributed by atoms with van der Waals surface area (Å²) >= 11 is 6.01. The number of nitrogens with zero attached hydrogens (tertiary/aromatic N) is 3. The molecular formula is C24H23ClN4O2. The number of carbonyl (C=O) groups is 1. The summed E-state index contributed by atoms with van der Waals surface area (Å²) in [5.74, 6) is -0.240. The second kappa shape index (κ2) is 8.40. The van der Waals surface area contributed by atoms with E-state index in [1.807, 2.05) is 61.7 Å². The van der Waals surface area contributed by atoms with Crippen LogP contribution in [-0.2, 0) is 17.9 Å². The number of nitrogens with one attached hydrogen (secondary N) is 1. The summed E-state index contributed by atoms with van der Waals surface area (Å²) in [6.07, 6.45) is 1.43. The van der Waals surface area contributed by atoms with Gasteiger partial charge in [0.15, 0.2) is 5.65 Å². The fourth-order valence-corrected chi connectivity index (χ4v) is 3.86. The monoisotopic (exact) mass is 434 g/mol. The lowest BCUT2D eigenvalue weighted by Gasteiger charge is -2.09. The van der Waals surface area contributed by atoms with Crippen molar-refractivity contribution in [2.75, 3.05) is 0 Å². The molecule has 0 fully saturated rings. The van der Waals surface area contributed by atoms with Crippen molar-refractivity contribution in [2.45, 2.75) is 33.9 Å². The van der Waals surface area contributed by atoms with E-state index in [0.717, 1.165) is 28.1 Å². The zero-order chi connectivity index (χ0) is 22.1. The van der Waals surface area contributed by atoms with Crippen LogP contribution in [0.4, 0.5) is 0 Å². The summed E-state index contributed by atoms with van der Waals surface area (Å²) < 4.78 is 3.29. The second-order valence-electron chi connectivity index (χ2n) is 7.66. The first kappa shape index (κ1) is 20.9. The number of aromatic nitrogens is 3. The third-order valence-electron chi connectivity index (χ3n) is 5.45. The maximum atomic E-state index is 13.2. The molecule has 0 atom stereocenters. The SMILES string of the molecule is Cc1cccc(CNC(=O)Cn2cnc3c(c(C)c(C)n3-c3ccc(Cl)cc3)c2=O)c1. The summed E-state index contributed by atoms with van der Waals surface area (Å²) in [6, 6.07) is 15.3. The maximum absolute atomic E-state index is 13.2. The highest BCUT2D eigenvalue weighted by Crippen LogP contribution is 2.25. The molecule has 0 saturated carbocycles. The molecule has 2 heterocycles. The number of amides is 1. The van der Waals surface area contributed by atoms with Crippen LogP contribution in [0.1, 0.15) is 22.4 Å². The molecule has 0 radical (unpaired) electrons. The molecule has 4 rings (SSSR count). The average Bonchev–Trinajstić information content (AvgIpc) is 3.00. The van der Waals surface area contributed by atoms with Gasteiger partial charge in [0.05, 0.1) is 5.39 Å². The van der Waals surface area contributed by atoms with Crippen molar-refractivity contribution in [1.29, 1.82) is 0 Å². The van der Waals surface area contributed by atoms with Crippen molar-refractivity contribution < 1.29 is 4.79 Å². The Bertz CT molecular complexity index is 1340. The number of fused-ring (bicyclic) bond motifs is 1. The molecule has 0 unspecified atom stereocenters. The van der Waals surface area contributed by atoms with E-state index >= 15 is 0 Å². The summed E-state index contributed by atoms with van der Waals surface area (Å²) in [7, 11) is 0. The Morgan fingerprint density at radius 3 is 2.55 bits per heavy atom. The van der Waals surface area contributed by atoms with Gasteiger partial charge < -0.3 is 5.32 Å². The molecule has 0 saturated heterocycles. The zero-order valence-electron chi connectivity index (χ0n) is 17.6. The Morgan fingerprint density at radius 1 is 1.10 bits per heavy atom. The number of rotatable bonds is 5. The summed E-state index contributed by atoms with van der Waals surface area (Å²) in [5.41, 5.74) is 5.12. The Morgan fingerprint density at radius 2 is 1.84 bits per heavy atom. The van der Waals surface area contributed by atoms with E-state index in [1.54, 1.807) is 12.1 Å². The summed E-state index contributed by atoms with van der Waals surface area (Å²) in [5, 5.41) is 4.02. The molecule has 2 aromatic carbocycles. The molecule has 1 amide bonds. The lowest BCUT2D eigenvalue weighted by atomic mass is 10.1. The molecule has 1 N–H and O–H groups in total. The highest BCUT2D eigenvalue weighted by molar-refractivity contribution is 6.30. The third kappa shape index (κ3) is 4.11. The normalized spacial score (nSPS) is 11.1. The smallest absolute Gasteiger partial charge is 0.263 e. The molecule has 2 aromatic heterocycles. The average molecular weight is 435 g/mol. The van der Waals surface area contributed by atoms with Crippen LogP contribution < -0.4 is 10.9 Å². The molecule has 31 heavy (non-hydrogen) atoms. The molecule has 0 aliphatic heterocycles. The molecule has 4 aromatic rings. The van der Waals surface area contributed by atoms with E-state index < -0.39 is 0 Å². The lowest BCUT2D eigenvalue weighted by Crippen LogP contribution is -2.32. The van der Waals surface area contributed by atoms with E-state index in [2.05, 4.69) is 10.3 Å². The number of hydrogen-bond donors (Lipinski definition) is 1. The topological polar surface area (TPSA) is 68.9 Å². The van der Waals surface area contributed by atoms with E-state index in [-0.39, 0.29) is 18.0 Å². The number of hydrogen-bond acceptors (Lipinski definition) is 3. The van der Waals surface area contributed by atoms with Crippen LogP contribution in [-0.4, -0.2) is 20.0 Å². The van der Waals surface area contributed by atoms with Gasteiger partial charge in [0.25, 0.3) is 5.56 Å². The Hall–Kier alpha value is -3.38. The fourth-order valence-electron chi connectivity index (χ4n) is 3.74.